The summed E-state index contributed by atoms with van der Waals surface area (Å²) >= 11 is 0. The molecule has 9 heavy (non-hydrogen) atoms. The Morgan fingerprint density at radius 1 is 1.33 bits per heavy atom. The van der Waals surface area contributed by atoms with E-state index in [-0.39, 0.29) is 0 Å². The van der Waals surface area contributed by atoms with Crippen LogP contribution in [0, 0.1) is 6.07 Å². The van der Waals surface area contributed by atoms with E-state index in [2.05, 4.69) is 16.0 Å². The fourth-order valence-corrected chi connectivity index (χ4v) is 0.488. The van der Waals surface area contributed by atoms with Crippen molar-refractivity contribution in [2.24, 2.45) is 0 Å². The first-order valence-corrected chi connectivity index (χ1v) is 2.66. The molecular weight excluding hydrogens is 114 g/mol. The molecule has 0 atom stereocenters. The van der Waals surface area contributed by atoms with Gasteiger partial charge in [0.1, 0.15) is 0 Å². The minimum absolute atomic E-state index is 0.716. The molecule has 0 unspecified atom stereocenters. The van der Waals surface area contributed by atoms with Crippen LogP contribution >= 0.6 is 0 Å². The Morgan fingerprint density at radius 2 is 1.89 bits per heavy atom. The maximum absolute atomic E-state index is 3.94. The second-order valence-electron chi connectivity index (χ2n) is 1.88. The van der Waals surface area contributed by atoms with Crippen molar-refractivity contribution in [3.05, 3.63) is 18.5 Å². The molecule has 0 N–H and O–H groups in total. The zero-order valence-corrected chi connectivity index (χ0v) is 5.50. The van der Waals surface area contributed by atoms with Crippen LogP contribution in [0.5, 0.6) is 0 Å². The lowest BCUT2D eigenvalue weighted by Gasteiger charge is -2.06. The summed E-state index contributed by atoms with van der Waals surface area (Å²) in [5, 5.41) is 0. The van der Waals surface area contributed by atoms with E-state index in [1.54, 1.807) is 12.4 Å². The van der Waals surface area contributed by atoms with E-state index >= 15 is 0 Å². The predicted molar refractivity (Wildman–Crippen MR) is 35.2 cm³/mol. The van der Waals surface area contributed by atoms with Crippen LogP contribution in [0.25, 0.3) is 0 Å². The molecule has 3 nitrogen and oxygen atoms in total. The monoisotopic (exact) mass is 122 g/mol. The largest absolute Gasteiger partial charge is 0.347 e. The average molecular weight is 122 g/mol. The average Bonchev–Trinajstić information content (AvgIpc) is 1.90. The van der Waals surface area contributed by atoms with Gasteiger partial charge in [0.25, 0.3) is 0 Å². The number of nitrogens with zero attached hydrogens (tertiary/aromatic N) is 3. The summed E-state index contributed by atoms with van der Waals surface area (Å²) < 4.78 is 0. The molecule has 0 aliphatic carbocycles. The molecule has 47 valence electrons. The van der Waals surface area contributed by atoms with Crippen LogP contribution in [0.1, 0.15) is 0 Å². The molecule has 3 heteroatoms. The van der Waals surface area contributed by atoms with Crippen molar-refractivity contribution in [2.45, 2.75) is 0 Å². The second-order valence-corrected chi connectivity index (χ2v) is 1.88. The lowest BCUT2D eigenvalue weighted by Crippen LogP contribution is -2.11. The van der Waals surface area contributed by atoms with Crippen molar-refractivity contribution >= 4 is 5.95 Å². The molecule has 1 rings (SSSR count). The number of aromatic nitrogens is 2. The molecule has 0 saturated heterocycles. The first-order chi connectivity index (χ1) is 4.30. The highest BCUT2D eigenvalue weighted by Gasteiger charge is 1.91. The first kappa shape index (κ1) is 6.01. The third-order valence-electron chi connectivity index (χ3n) is 0.909. The van der Waals surface area contributed by atoms with Crippen LogP contribution in [-0.4, -0.2) is 24.1 Å². The van der Waals surface area contributed by atoms with E-state index < -0.39 is 0 Å². The Morgan fingerprint density at radius 3 is 2.22 bits per heavy atom. The minimum Gasteiger partial charge on any atom is -0.347 e. The van der Waals surface area contributed by atoms with E-state index in [1.165, 1.54) is 0 Å². The third-order valence-corrected chi connectivity index (χ3v) is 0.909. The van der Waals surface area contributed by atoms with Crippen molar-refractivity contribution in [1.82, 2.24) is 9.97 Å². The van der Waals surface area contributed by atoms with Crippen LogP contribution in [0.3, 0.4) is 0 Å². The molecule has 1 aromatic rings. The number of anilines is 1. The summed E-state index contributed by atoms with van der Waals surface area (Å²) in [5.74, 6) is 0.716. The molecule has 0 spiro atoms. The van der Waals surface area contributed by atoms with Crippen molar-refractivity contribution in [3.8, 4) is 0 Å². The summed E-state index contributed by atoms with van der Waals surface area (Å²) in [6, 6.07) is 2.74. The lowest BCUT2D eigenvalue weighted by atomic mass is 10.7. The Bertz CT molecular complexity index is 171. The normalized spacial score (nSPS) is 9.11. The molecule has 1 radical (unpaired) electrons. The van der Waals surface area contributed by atoms with Gasteiger partial charge in [-0.05, 0) is 0 Å². The number of hydrogen-bond acceptors (Lipinski definition) is 3. The van der Waals surface area contributed by atoms with Gasteiger partial charge in [-0.3, -0.25) is 0 Å². The second kappa shape index (κ2) is 2.44. The summed E-state index contributed by atoms with van der Waals surface area (Å²) in [7, 11) is 3.80. The van der Waals surface area contributed by atoms with E-state index in [0.29, 0.717) is 5.95 Å². The maximum atomic E-state index is 3.94. The van der Waals surface area contributed by atoms with Crippen LogP contribution < -0.4 is 4.90 Å². The fourth-order valence-electron chi connectivity index (χ4n) is 0.488. The van der Waals surface area contributed by atoms with Gasteiger partial charge in [-0.1, -0.05) is 0 Å². The third kappa shape index (κ3) is 1.38. The Kier molecular flexibility index (Phi) is 1.63. The molecule has 0 saturated carbocycles. The molecular formula is C6H8N3. The van der Waals surface area contributed by atoms with Crippen molar-refractivity contribution < 1.29 is 0 Å². The summed E-state index contributed by atoms with van der Waals surface area (Å²) in [6.07, 6.45) is 3.20. The zero-order valence-electron chi connectivity index (χ0n) is 5.50. The van der Waals surface area contributed by atoms with E-state index in [9.17, 15) is 0 Å². The van der Waals surface area contributed by atoms with Gasteiger partial charge in [0.2, 0.25) is 5.95 Å². The topological polar surface area (TPSA) is 29.0 Å². The van der Waals surface area contributed by atoms with Gasteiger partial charge in [0.05, 0.1) is 0 Å². The molecule has 0 aliphatic heterocycles. The molecule has 0 aromatic carbocycles. The number of rotatable bonds is 1. The van der Waals surface area contributed by atoms with Gasteiger partial charge >= 0.3 is 0 Å². The van der Waals surface area contributed by atoms with Gasteiger partial charge < -0.3 is 4.90 Å². The Hall–Kier alpha value is -1.12. The van der Waals surface area contributed by atoms with Crippen molar-refractivity contribution in [2.75, 3.05) is 19.0 Å². The minimum atomic E-state index is 0.716. The van der Waals surface area contributed by atoms with Gasteiger partial charge in [-0.25, -0.2) is 9.97 Å². The quantitative estimate of drug-likeness (QED) is 0.538. The van der Waals surface area contributed by atoms with E-state index in [1.807, 2.05) is 19.0 Å². The highest BCUT2D eigenvalue weighted by molar-refractivity contribution is 5.23. The smallest absolute Gasteiger partial charge is 0.224 e. The SMILES string of the molecule is CN(C)c1nc[c]cn1. The molecule has 1 aromatic heterocycles. The van der Waals surface area contributed by atoms with Gasteiger partial charge in [-0.2, -0.15) is 0 Å². The summed E-state index contributed by atoms with van der Waals surface area (Å²) in [6.45, 7) is 0. The summed E-state index contributed by atoms with van der Waals surface area (Å²) in [5.41, 5.74) is 0. The molecule has 0 amide bonds. The van der Waals surface area contributed by atoms with Gasteiger partial charge in [0.15, 0.2) is 0 Å². The predicted octanol–water partition coefficient (Wildman–Crippen LogP) is 0.343. The number of hydrogen-bond donors (Lipinski definition) is 0. The molecule has 0 fully saturated rings. The van der Waals surface area contributed by atoms with Crippen LogP contribution in [0.2, 0.25) is 0 Å². The van der Waals surface area contributed by atoms with Gasteiger partial charge in [-0.15, -0.1) is 0 Å². The standard InChI is InChI=1S/C6H8N3/c1-9(2)6-7-4-3-5-8-6/h4-5H,1-2H3. The Labute approximate surface area is 54.4 Å². The van der Waals surface area contributed by atoms with Crippen molar-refractivity contribution in [1.29, 1.82) is 0 Å². The van der Waals surface area contributed by atoms with Crippen LogP contribution in [0.15, 0.2) is 12.4 Å². The zero-order chi connectivity index (χ0) is 6.69. The summed E-state index contributed by atoms with van der Waals surface area (Å²) in [4.78, 5) is 9.72. The highest BCUT2D eigenvalue weighted by atomic mass is 15.2. The fraction of sp³-hybridized carbons (Fsp3) is 0.333. The maximum Gasteiger partial charge on any atom is 0.224 e. The lowest BCUT2D eigenvalue weighted by molar-refractivity contribution is 0.997. The molecule has 0 bridgehead atoms. The van der Waals surface area contributed by atoms with E-state index in [0.717, 1.165) is 0 Å². The Balaban J connectivity index is 2.85. The van der Waals surface area contributed by atoms with Gasteiger partial charge in [0, 0.05) is 32.6 Å². The highest BCUT2D eigenvalue weighted by Crippen LogP contribution is 1.95. The van der Waals surface area contributed by atoms with Crippen LogP contribution in [0.4, 0.5) is 5.95 Å². The molecule has 0 aliphatic rings. The van der Waals surface area contributed by atoms with Crippen LogP contribution in [-0.2, 0) is 0 Å². The first-order valence-electron chi connectivity index (χ1n) is 2.66. The van der Waals surface area contributed by atoms with E-state index in [4.69, 9.17) is 0 Å². The van der Waals surface area contributed by atoms with Crippen molar-refractivity contribution in [3.63, 3.8) is 0 Å². The molecule has 1 heterocycles.